The molecule has 0 unspecified atom stereocenters. The van der Waals surface area contributed by atoms with E-state index < -0.39 is 0 Å². The molecule has 0 fully saturated rings. The van der Waals surface area contributed by atoms with E-state index in [1.165, 1.54) is 28.8 Å². The Hall–Kier alpha value is -1.50. The van der Waals surface area contributed by atoms with Crippen molar-refractivity contribution < 1.29 is 0 Å². The zero-order valence-corrected chi connectivity index (χ0v) is 11.0. The van der Waals surface area contributed by atoms with E-state index in [0.29, 0.717) is 0 Å². The van der Waals surface area contributed by atoms with Gasteiger partial charge in [-0.2, -0.15) is 0 Å². The van der Waals surface area contributed by atoms with Gasteiger partial charge < -0.3 is 4.57 Å². The zero-order chi connectivity index (χ0) is 12.3. The van der Waals surface area contributed by atoms with E-state index in [1.807, 2.05) is 0 Å². The van der Waals surface area contributed by atoms with Crippen molar-refractivity contribution in [1.29, 1.82) is 0 Å². The third kappa shape index (κ3) is 2.79. The highest BCUT2D eigenvalue weighted by Gasteiger charge is 2.04. The Morgan fingerprint density at radius 1 is 1.00 bits per heavy atom. The molecule has 0 atom stereocenters. The maximum absolute atomic E-state index is 2.38. The second-order valence-corrected chi connectivity index (χ2v) is 4.81. The Morgan fingerprint density at radius 3 is 2.29 bits per heavy atom. The van der Waals surface area contributed by atoms with Crippen LogP contribution in [0.1, 0.15) is 28.8 Å². The van der Waals surface area contributed by atoms with Crippen LogP contribution in [-0.2, 0) is 13.0 Å². The first kappa shape index (κ1) is 12.0. The molecule has 1 aromatic carbocycles. The lowest BCUT2D eigenvalue weighted by molar-refractivity contribution is 0.630. The highest BCUT2D eigenvalue weighted by molar-refractivity contribution is 5.28. The molecule has 1 aromatic heterocycles. The standard InChI is InChI=1S/C16H21N/c1-13-12-17(15(3)14(13)2)11-7-10-16-8-5-4-6-9-16/h4-6,8-9,12H,7,10-11H2,1-3H3. The Morgan fingerprint density at radius 2 is 1.71 bits per heavy atom. The number of rotatable bonds is 4. The summed E-state index contributed by atoms with van der Waals surface area (Å²) in [5, 5.41) is 0. The van der Waals surface area contributed by atoms with Crippen molar-refractivity contribution in [2.75, 3.05) is 0 Å². The summed E-state index contributed by atoms with van der Waals surface area (Å²) < 4.78 is 2.38. The molecular formula is C16H21N. The topological polar surface area (TPSA) is 4.93 Å². The molecule has 0 aliphatic heterocycles. The number of hydrogen-bond acceptors (Lipinski definition) is 0. The summed E-state index contributed by atoms with van der Waals surface area (Å²) in [5.74, 6) is 0. The van der Waals surface area contributed by atoms with Crippen LogP contribution in [0.5, 0.6) is 0 Å². The van der Waals surface area contributed by atoms with Crippen LogP contribution < -0.4 is 0 Å². The number of aromatic nitrogens is 1. The Labute approximate surface area is 104 Å². The van der Waals surface area contributed by atoms with E-state index >= 15 is 0 Å². The van der Waals surface area contributed by atoms with Crippen LogP contribution >= 0.6 is 0 Å². The zero-order valence-electron chi connectivity index (χ0n) is 11.0. The second-order valence-electron chi connectivity index (χ2n) is 4.81. The third-order valence-electron chi connectivity index (χ3n) is 3.62. The summed E-state index contributed by atoms with van der Waals surface area (Å²) in [4.78, 5) is 0. The SMILES string of the molecule is Cc1cn(CCCc2ccccc2)c(C)c1C. The Balaban J connectivity index is 1.92. The maximum atomic E-state index is 2.38. The molecule has 0 N–H and O–H groups in total. The summed E-state index contributed by atoms with van der Waals surface area (Å²) in [6.07, 6.45) is 4.64. The van der Waals surface area contributed by atoms with Crippen LogP contribution in [0.15, 0.2) is 36.5 Å². The fraction of sp³-hybridized carbons (Fsp3) is 0.375. The first-order valence-corrected chi connectivity index (χ1v) is 6.35. The van der Waals surface area contributed by atoms with E-state index in [4.69, 9.17) is 0 Å². The van der Waals surface area contributed by atoms with Crippen LogP contribution in [0.25, 0.3) is 0 Å². The van der Waals surface area contributed by atoms with Gasteiger partial charge in [0.1, 0.15) is 0 Å². The minimum Gasteiger partial charge on any atom is -0.351 e. The molecule has 0 aliphatic carbocycles. The van der Waals surface area contributed by atoms with Gasteiger partial charge in [-0.25, -0.2) is 0 Å². The predicted octanol–water partition coefficient (Wildman–Crippen LogP) is 4.05. The van der Waals surface area contributed by atoms with Crippen molar-refractivity contribution >= 4 is 0 Å². The Bertz CT molecular complexity index is 480. The average molecular weight is 227 g/mol. The van der Waals surface area contributed by atoms with Gasteiger partial charge in [0, 0.05) is 18.4 Å². The van der Waals surface area contributed by atoms with Crippen LogP contribution in [0.4, 0.5) is 0 Å². The molecule has 0 spiro atoms. The largest absolute Gasteiger partial charge is 0.351 e. The molecular weight excluding hydrogens is 206 g/mol. The summed E-state index contributed by atoms with van der Waals surface area (Å²) in [6, 6.07) is 10.7. The van der Waals surface area contributed by atoms with Crippen molar-refractivity contribution in [1.82, 2.24) is 4.57 Å². The molecule has 0 radical (unpaired) electrons. The first-order chi connectivity index (χ1) is 8.18. The molecule has 0 amide bonds. The number of nitrogens with zero attached hydrogens (tertiary/aromatic N) is 1. The van der Waals surface area contributed by atoms with Crippen LogP contribution in [0.2, 0.25) is 0 Å². The summed E-state index contributed by atoms with van der Waals surface area (Å²) >= 11 is 0. The van der Waals surface area contributed by atoms with Crippen molar-refractivity contribution in [3.8, 4) is 0 Å². The number of benzene rings is 1. The molecule has 1 heterocycles. The van der Waals surface area contributed by atoms with E-state index in [2.05, 4.69) is 61.9 Å². The average Bonchev–Trinajstić information content (AvgIpc) is 2.59. The van der Waals surface area contributed by atoms with Gasteiger partial charge in [-0.15, -0.1) is 0 Å². The van der Waals surface area contributed by atoms with Gasteiger partial charge in [-0.05, 0) is 50.3 Å². The van der Waals surface area contributed by atoms with E-state index in [-0.39, 0.29) is 0 Å². The van der Waals surface area contributed by atoms with Crippen molar-refractivity contribution in [3.05, 3.63) is 58.9 Å². The van der Waals surface area contributed by atoms with Gasteiger partial charge in [0.2, 0.25) is 0 Å². The van der Waals surface area contributed by atoms with E-state index in [1.54, 1.807) is 0 Å². The van der Waals surface area contributed by atoms with E-state index in [9.17, 15) is 0 Å². The first-order valence-electron chi connectivity index (χ1n) is 6.35. The molecule has 0 bridgehead atoms. The lowest BCUT2D eigenvalue weighted by atomic mass is 10.1. The van der Waals surface area contributed by atoms with Gasteiger partial charge in [0.05, 0.1) is 0 Å². The van der Waals surface area contributed by atoms with Crippen molar-refractivity contribution in [2.45, 2.75) is 40.2 Å². The minimum absolute atomic E-state index is 1.12. The van der Waals surface area contributed by atoms with Crippen molar-refractivity contribution in [2.24, 2.45) is 0 Å². The van der Waals surface area contributed by atoms with Crippen LogP contribution in [0.3, 0.4) is 0 Å². The monoisotopic (exact) mass is 227 g/mol. The third-order valence-corrected chi connectivity index (χ3v) is 3.62. The van der Waals surface area contributed by atoms with Crippen molar-refractivity contribution in [3.63, 3.8) is 0 Å². The molecule has 0 aliphatic rings. The molecule has 1 heteroatoms. The van der Waals surface area contributed by atoms with Gasteiger partial charge in [0.15, 0.2) is 0 Å². The number of aryl methyl sites for hydroxylation is 3. The lowest BCUT2D eigenvalue weighted by Crippen LogP contribution is -2.00. The van der Waals surface area contributed by atoms with E-state index in [0.717, 1.165) is 13.0 Å². The second kappa shape index (κ2) is 5.22. The summed E-state index contributed by atoms with van der Waals surface area (Å²) in [6.45, 7) is 7.73. The smallest absolute Gasteiger partial charge is 0.0225 e. The normalized spacial score (nSPS) is 10.8. The van der Waals surface area contributed by atoms with Gasteiger partial charge in [-0.3, -0.25) is 0 Å². The summed E-state index contributed by atoms with van der Waals surface area (Å²) in [7, 11) is 0. The van der Waals surface area contributed by atoms with Crippen LogP contribution in [-0.4, -0.2) is 4.57 Å². The lowest BCUT2D eigenvalue weighted by Gasteiger charge is -2.06. The number of hydrogen-bond donors (Lipinski definition) is 0. The maximum Gasteiger partial charge on any atom is 0.0225 e. The molecule has 90 valence electrons. The minimum atomic E-state index is 1.12. The van der Waals surface area contributed by atoms with Gasteiger partial charge in [-0.1, -0.05) is 30.3 Å². The molecule has 0 saturated heterocycles. The molecule has 1 nitrogen and oxygen atoms in total. The van der Waals surface area contributed by atoms with Crippen LogP contribution in [0, 0.1) is 20.8 Å². The fourth-order valence-electron chi connectivity index (χ4n) is 2.26. The van der Waals surface area contributed by atoms with Gasteiger partial charge >= 0.3 is 0 Å². The quantitative estimate of drug-likeness (QED) is 0.742. The summed E-state index contributed by atoms with van der Waals surface area (Å²) in [5.41, 5.74) is 5.69. The Kier molecular flexibility index (Phi) is 3.68. The molecule has 2 rings (SSSR count). The highest BCUT2D eigenvalue weighted by Crippen LogP contribution is 2.15. The molecule has 0 saturated carbocycles. The molecule has 2 aromatic rings. The predicted molar refractivity (Wildman–Crippen MR) is 73.4 cm³/mol. The highest BCUT2D eigenvalue weighted by atomic mass is 15.0. The van der Waals surface area contributed by atoms with Gasteiger partial charge in [0.25, 0.3) is 0 Å². The fourth-order valence-corrected chi connectivity index (χ4v) is 2.26. The molecule has 17 heavy (non-hydrogen) atoms.